The van der Waals surface area contributed by atoms with Crippen molar-refractivity contribution < 1.29 is 27.2 Å². The summed E-state index contributed by atoms with van der Waals surface area (Å²) in [5, 5.41) is 0. The zero-order valence-electron chi connectivity index (χ0n) is 15.1. The van der Waals surface area contributed by atoms with Crippen LogP contribution >= 0.6 is 0 Å². The highest BCUT2D eigenvalue weighted by atomic mass is 19.4. The van der Waals surface area contributed by atoms with Crippen LogP contribution in [0.1, 0.15) is 28.7 Å². The average Bonchev–Trinajstić information content (AvgIpc) is 2.65. The first-order valence-corrected chi connectivity index (χ1v) is 9.08. The van der Waals surface area contributed by atoms with Gasteiger partial charge in [-0.25, -0.2) is 4.58 Å². The Bertz CT molecular complexity index is 886. The van der Waals surface area contributed by atoms with Crippen LogP contribution in [0.15, 0.2) is 36.4 Å². The third kappa shape index (κ3) is 3.66. The van der Waals surface area contributed by atoms with E-state index < -0.39 is 11.7 Å². The van der Waals surface area contributed by atoms with Gasteiger partial charge in [-0.1, -0.05) is 12.1 Å². The van der Waals surface area contributed by atoms with Gasteiger partial charge in [-0.15, -0.1) is 0 Å². The SMILES string of the molecule is C[N+]1=C(CCc2ccc(C(F)(F)F)cc2)c2cc3c(cc2CC1)OCCO3. The lowest BCUT2D eigenvalue weighted by Crippen LogP contribution is -2.28. The zero-order valence-corrected chi connectivity index (χ0v) is 15.1. The normalized spacial score (nSPS) is 16.3. The van der Waals surface area contributed by atoms with Crippen molar-refractivity contribution in [3.63, 3.8) is 0 Å². The van der Waals surface area contributed by atoms with Crippen molar-refractivity contribution in [2.75, 3.05) is 26.8 Å². The highest BCUT2D eigenvalue weighted by molar-refractivity contribution is 5.99. The maximum absolute atomic E-state index is 12.7. The van der Waals surface area contributed by atoms with Gasteiger partial charge in [0.2, 0.25) is 0 Å². The standard InChI is InChI=1S/C21H21F3NO2/c1-25-9-8-15-12-19-20(27-11-10-26-19)13-17(15)18(25)7-4-14-2-5-16(6-3-14)21(22,23)24/h2-3,5-6,12-13H,4,7-11H2,1H3/q+1. The number of benzene rings is 2. The van der Waals surface area contributed by atoms with Gasteiger partial charge >= 0.3 is 6.18 Å². The monoisotopic (exact) mass is 376 g/mol. The molecule has 0 atom stereocenters. The molecule has 4 rings (SSSR count). The Kier molecular flexibility index (Phi) is 4.58. The first kappa shape index (κ1) is 17.9. The molecule has 27 heavy (non-hydrogen) atoms. The fraction of sp³-hybridized carbons (Fsp3) is 0.381. The molecule has 0 aliphatic carbocycles. The van der Waals surface area contributed by atoms with Crippen LogP contribution in [0.2, 0.25) is 0 Å². The third-order valence-electron chi connectivity index (χ3n) is 5.19. The van der Waals surface area contributed by atoms with Crippen LogP contribution in [0.3, 0.4) is 0 Å². The molecule has 142 valence electrons. The molecular formula is C21H21F3NO2+. The van der Waals surface area contributed by atoms with Gasteiger partial charge in [-0.2, -0.15) is 13.2 Å². The van der Waals surface area contributed by atoms with Crippen LogP contribution in [0, 0.1) is 0 Å². The Balaban J connectivity index is 1.55. The molecule has 0 spiro atoms. The van der Waals surface area contributed by atoms with Gasteiger partial charge < -0.3 is 9.47 Å². The Morgan fingerprint density at radius 1 is 0.963 bits per heavy atom. The second-order valence-electron chi connectivity index (χ2n) is 6.97. The number of ether oxygens (including phenoxy) is 2. The van der Waals surface area contributed by atoms with Crippen molar-refractivity contribution in [3.05, 3.63) is 58.7 Å². The molecular weight excluding hydrogens is 355 g/mol. The van der Waals surface area contributed by atoms with E-state index in [0.717, 1.165) is 54.1 Å². The van der Waals surface area contributed by atoms with Crippen LogP contribution in [-0.2, 0) is 19.0 Å². The van der Waals surface area contributed by atoms with Crippen LogP contribution in [0.5, 0.6) is 11.5 Å². The minimum Gasteiger partial charge on any atom is -0.486 e. The molecule has 0 N–H and O–H groups in total. The lowest BCUT2D eigenvalue weighted by molar-refractivity contribution is -0.499. The van der Waals surface area contributed by atoms with E-state index in [1.165, 1.54) is 11.3 Å². The van der Waals surface area contributed by atoms with Crippen LogP contribution in [-0.4, -0.2) is 37.1 Å². The Morgan fingerprint density at radius 3 is 2.30 bits per heavy atom. The third-order valence-corrected chi connectivity index (χ3v) is 5.19. The summed E-state index contributed by atoms with van der Waals surface area (Å²) >= 11 is 0. The fourth-order valence-corrected chi connectivity index (χ4v) is 3.68. The van der Waals surface area contributed by atoms with E-state index in [1.807, 2.05) is 6.07 Å². The van der Waals surface area contributed by atoms with E-state index in [4.69, 9.17) is 9.47 Å². The van der Waals surface area contributed by atoms with Crippen molar-refractivity contribution in [3.8, 4) is 11.5 Å². The summed E-state index contributed by atoms with van der Waals surface area (Å²) < 4.78 is 51.8. The first-order valence-electron chi connectivity index (χ1n) is 9.08. The lowest BCUT2D eigenvalue weighted by atomic mass is 9.92. The van der Waals surface area contributed by atoms with E-state index in [9.17, 15) is 13.2 Å². The van der Waals surface area contributed by atoms with Crippen LogP contribution in [0.4, 0.5) is 13.2 Å². The van der Waals surface area contributed by atoms with Gasteiger partial charge in [0.15, 0.2) is 17.2 Å². The largest absolute Gasteiger partial charge is 0.486 e. The summed E-state index contributed by atoms with van der Waals surface area (Å²) in [6.07, 6.45) is -1.91. The molecule has 2 aromatic rings. The summed E-state index contributed by atoms with van der Waals surface area (Å²) in [4.78, 5) is 0. The maximum atomic E-state index is 12.7. The molecule has 0 bridgehead atoms. The zero-order chi connectivity index (χ0) is 19.0. The minimum atomic E-state index is -4.29. The number of hydrogen-bond donors (Lipinski definition) is 0. The summed E-state index contributed by atoms with van der Waals surface area (Å²) in [6, 6.07) is 9.55. The van der Waals surface area contributed by atoms with Gasteiger partial charge in [-0.3, -0.25) is 0 Å². The number of fused-ring (bicyclic) bond motifs is 2. The number of hydrogen-bond acceptors (Lipinski definition) is 2. The number of likely N-dealkylation sites (N-methyl/N-ethyl adjacent to an activating group) is 1. The van der Waals surface area contributed by atoms with Crippen molar-refractivity contribution in [2.45, 2.75) is 25.4 Å². The van der Waals surface area contributed by atoms with Crippen molar-refractivity contribution in [1.29, 1.82) is 0 Å². The second kappa shape index (κ2) is 6.91. The number of nitrogens with zero attached hydrogens (tertiary/aromatic N) is 1. The van der Waals surface area contributed by atoms with Gasteiger partial charge in [0.05, 0.1) is 5.56 Å². The van der Waals surface area contributed by atoms with Crippen LogP contribution in [0.25, 0.3) is 0 Å². The molecule has 2 aliphatic rings. The van der Waals surface area contributed by atoms with E-state index in [0.29, 0.717) is 19.6 Å². The second-order valence-corrected chi connectivity index (χ2v) is 6.97. The minimum absolute atomic E-state index is 0.544. The molecule has 0 radical (unpaired) electrons. The Morgan fingerprint density at radius 2 is 1.63 bits per heavy atom. The van der Waals surface area contributed by atoms with Crippen LogP contribution < -0.4 is 9.47 Å². The predicted octanol–water partition coefficient (Wildman–Crippen LogP) is 4.10. The van der Waals surface area contributed by atoms with Crippen molar-refractivity contribution in [1.82, 2.24) is 0 Å². The van der Waals surface area contributed by atoms with Gasteiger partial charge in [0.1, 0.15) is 26.8 Å². The van der Waals surface area contributed by atoms with Crippen molar-refractivity contribution >= 4 is 5.71 Å². The summed E-state index contributed by atoms with van der Waals surface area (Å²) in [6.45, 7) is 2.02. The molecule has 0 saturated heterocycles. The highest BCUT2D eigenvalue weighted by Crippen LogP contribution is 2.35. The number of aryl methyl sites for hydroxylation is 1. The molecule has 3 nitrogen and oxygen atoms in total. The van der Waals surface area contributed by atoms with Gasteiger partial charge in [0.25, 0.3) is 0 Å². The molecule has 0 unspecified atom stereocenters. The Hall–Kier alpha value is -2.50. The molecule has 6 heteroatoms. The fourth-order valence-electron chi connectivity index (χ4n) is 3.68. The molecule has 0 amide bonds. The van der Waals surface area contributed by atoms with E-state index >= 15 is 0 Å². The summed E-state index contributed by atoms with van der Waals surface area (Å²) in [5.74, 6) is 1.56. The maximum Gasteiger partial charge on any atom is 0.416 e. The number of halogens is 3. The van der Waals surface area contributed by atoms with Gasteiger partial charge in [0, 0.05) is 18.4 Å². The van der Waals surface area contributed by atoms with E-state index in [-0.39, 0.29) is 0 Å². The van der Waals surface area contributed by atoms with E-state index in [2.05, 4.69) is 17.7 Å². The highest BCUT2D eigenvalue weighted by Gasteiger charge is 2.30. The first-order chi connectivity index (χ1) is 12.9. The number of rotatable bonds is 3. The summed E-state index contributed by atoms with van der Waals surface area (Å²) in [7, 11) is 2.06. The number of alkyl halides is 3. The predicted molar refractivity (Wildman–Crippen MR) is 96.1 cm³/mol. The topological polar surface area (TPSA) is 21.5 Å². The van der Waals surface area contributed by atoms with Crippen molar-refractivity contribution in [2.24, 2.45) is 0 Å². The van der Waals surface area contributed by atoms with Gasteiger partial charge in [-0.05, 0) is 41.8 Å². The summed E-state index contributed by atoms with van der Waals surface area (Å²) in [5.41, 5.74) is 3.86. The average molecular weight is 376 g/mol. The molecule has 0 saturated carbocycles. The molecule has 0 fully saturated rings. The quantitative estimate of drug-likeness (QED) is 0.753. The molecule has 0 aromatic heterocycles. The Labute approximate surface area is 156 Å². The smallest absolute Gasteiger partial charge is 0.416 e. The lowest BCUT2D eigenvalue weighted by Gasteiger charge is -2.23. The van der Waals surface area contributed by atoms with E-state index in [1.54, 1.807) is 12.1 Å². The molecule has 2 aromatic carbocycles. The molecule has 2 aliphatic heterocycles. The molecule has 2 heterocycles.